The molecule has 0 atom stereocenters. The van der Waals surface area contributed by atoms with E-state index in [-0.39, 0.29) is 5.91 Å². The van der Waals surface area contributed by atoms with Crippen LogP contribution in [0, 0.1) is 0 Å². The van der Waals surface area contributed by atoms with Crippen molar-refractivity contribution < 1.29 is 4.79 Å². The van der Waals surface area contributed by atoms with Crippen molar-refractivity contribution in [3.8, 4) is 11.3 Å². The molecule has 1 aliphatic rings. The molecule has 3 rings (SSSR count). The number of hydrogen-bond acceptors (Lipinski definition) is 4. The van der Waals surface area contributed by atoms with E-state index in [1.54, 1.807) is 13.3 Å². The van der Waals surface area contributed by atoms with E-state index < -0.39 is 0 Å². The maximum absolute atomic E-state index is 11.4. The van der Waals surface area contributed by atoms with Gasteiger partial charge < -0.3 is 10.2 Å². The van der Waals surface area contributed by atoms with E-state index in [1.165, 1.54) is 0 Å². The van der Waals surface area contributed by atoms with Gasteiger partial charge in [-0.05, 0) is 12.8 Å². The van der Waals surface area contributed by atoms with Crippen molar-refractivity contribution in [1.29, 1.82) is 0 Å². The number of aromatic nitrogens is 2. The first kappa shape index (κ1) is 14.5. The Balaban J connectivity index is 1.66. The number of carbonyl (C=O) groups is 1. The molecule has 5 nitrogen and oxygen atoms in total. The summed E-state index contributed by atoms with van der Waals surface area (Å²) in [4.78, 5) is 21.9. The van der Waals surface area contributed by atoms with Gasteiger partial charge in [-0.15, -0.1) is 0 Å². The highest BCUT2D eigenvalue weighted by atomic mass is 16.2. The lowest BCUT2D eigenvalue weighted by atomic mass is 10.0. The molecular formula is C17H20N4O. The molecular weight excluding hydrogens is 276 g/mol. The van der Waals surface area contributed by atoms with Crippen molar-refractivity contribution in [1.82, 2.24) is 14.9 Å². The predicted octanol–water partition coefficient (Wildman–Crippen LogP) is 2.57. The van der Waals surface area contributed by atoms with Crippen LogP contribution in [0.2, 0.25) is 0 Å². The Labute approximate surface area is 130 Å². The molecule has 0 spiro atoms. The van der Waals surface area contributed by atoms with E-state index in [4.69, 9.17) is 0 Å². The number of carbonyl (C=O) groups excluding carboxylic acids is 1. The first-order valence-electron chi connectivity index (χ1n) is 7.62. The lowest BCUT2D eigenvalue weighted by Gasteiger charge is -2.31. The van der Waals surface area contributed by atoms with E-state index in [0.717, 1.165) is 43.0 Å². The molecule has 114 valence electrons. The molecule has 0 aliphatic carbocycles. The van der Waals surface area contributed by atoms with Crippen LogP contribution in [0.3, 0.4) is 0 Å². The first-order valence-corrected chi connectivity index (χ1v) is 7.62. The fraction of sp³-hybridized carbons (Fsp3) is 0.353. The highest BCUT2D eigenvalue weighted by Crippen LogP contribution is 2.20. The smallest absolute Gasteiger partial charge is 0.219 e. The summed E-state index contributed by atoms with van der Waals surface area (Å²) in [7, 11) is 0. The van der Waals surface area contributed by atoms with Crippen LogP contribution in [-0.2, 0) is 4.79 Å². The maximum atomic E-state index is 11.4. The van der Waals surface area contributed by atoms with Gasteiger partial charge in [-0.3, -0.25) is 4.79 Å². The van der Waals surface area contributed by atoms with Crippen LogP contribution in [0.5, 0.6) is 0 Å². The van der Waals surface area contributed by atoms with Crippen molar-refractivity contribution in [3.05, 3.63) is 42.7 Å². The second kappa shape index (κ2) is 6.56. The molecule has 0 bridgehead atoms. The van der Waals surface area contributed by atoms with Gasteiger partial charge in [0.15, 0.2) is 0 Å². The zero-order valence-corrected chi connectivity index (χ0v) is 12.7. The minimum absolute atomic E-state index is 0.159. The van der Waals surface area contributed by atoms with Crippen LogP contribution in [0.4, 0.5) is 5.82 Å². The fourth-order valence-electron chi connectivity index (χ4n) is 2.75. The zero-order chi connectivity index (χ0) is 15.4. The van der Waals surface area contributed by atoms with Crippen molar-refractivity contribution in [2.45, 2.75) is 25.8 Å². The van der Waals surface area contributed by atoms with Gasteiger partial charge in [-0.2, -0.15) is 0 Å². The van der Waals surface area contributed by atoms with Gasteiger partial charge in [0.2, 0.25) is 5.91 Å². The summed E-state index contributed by atoms with van der Waals surface area (Å²) in [5.41, 5.74) is 2.00. The SMILES string of the molecule is CC(=O)N1CCC(Nc2cc(-c3ccccc3)ncn2)CC1. The number of rotatable bonds is 3. The Morgan fingerprint density at radius 1 is 1.18 bits per heavy atom. The summed E-state index contributed by atoms with van der Waals surface area (Å²) in [5.74, 6) is 1.00. The van der Waals surface area contributed by atoms with Crippen LogP contribution >= 0.6 is 0 Å². The van der Waals surface area contributed by atoms with Crippen LogP contribution in [0.15, 0.2) is 42.7 Å². The largest absolute Gasteiger partial charge is 0.367 e. The van der Waals surface area contributed by atoms with E-state index >= 15 is 0 Å². The second-order valence-corrected chi connectivity index (χ2v) is 5.58. The molecule has 2 heterocycles. The van der Waals surface area contributed by atoms with Crippen molar-refractivity contribution in [3.63, 3.8) is 0 Å². The van der Waals surface area contributed by atoms with E-state index in [2.05, 4.69) is 15.3 Å². The minimum Gasteiger partial charge on any atom is -0.367 e. The summed E-state index contributed by atoms with van der Waals surface area (Å²) in [6.45, 7) is 3.25. The number of benzene rings is 1. The van der Waals surface area contributed by atoms with Gasteiger partial charge in [0.1, 0.15) is 12.1 Å². The van der Waals surface area contributed by atoms with Crippen LogP contribution in [-0.4, -0.2) is 39.9 Å². The number of nitrogens with zero attached hydrogens (tertiary/aromatic N) is 3. The lowest BCUT2D eigenvalue weighted by molar-refractivity contribution is -0.129. The Bertz CT molecular complexity index is 636. The summed E-state index contributed by atoms with van der Waals surface area (Å²) in [5, 5.41) is 3.46. The van der Waals surface area contributed by atoms with Gasteiger partial charge in [0.05, 0.1) is 5.69 Å². The van der Waals surface area contributed by atoms with Crippen LogP contribution < -0.4 is 5.32 Å². The number of piperidine rings is 1. The third kappa shape index (κ3) is 3.42. The van der Waals surface area contributed by atoms with Crippen molar-refractivity contribution in [2.24, 2.45) is 0 Å². The average molecular weight is 296 g/mol. The topological polar surface area (TPSA) is 58.1 Å². The summed E-state index contributed by atoms with van der Waals surface area (Å²) in [6.07, 6.45) is 3.49. The average Bonchev–Trinajstić information content (AvgIpc) is 2.56. The van der Waals surface area contributed by atoms with Crippen molar-refractivity contribution in [2.75, 3.05) is 18.4 Å². The molecule has 0 radical (unpaired) electrons. The van der Waals surface area contributed by atoms with Gasteiger partial charge in [-0.25, -0.2) is 9.97 Å². The van der Waals surface area contributed by atoms with Crippen LogP contribution in [0.25, 0.3) is 11.3 Å². The number of amides is 1. The zero-order valence-electron chi connectivity index (χ0n) is 12.7. The second-order valence-electron chi connectivity index (χ2n) is 5.58. The third-order valence-corrected chi connectivity index (χ3v) is 4.03. The van der Waals surface area contributed by atoms with Gasteiger partial charge in [-0.1, -0.05) is 30.3 Å². The molecule has 1 saturated heterocycles. The van der Waals surface area contributed by atoms with Gasteiger partial charge in [0, 0.05) is 37.7 Å². The van der Waals surface area contributed by atoms with E-state index in [0.29, 0.717) is 6.04 Å². The minimum atomic E-state index is 0.159. The normalized spacial score (nSPS) is 15.6. The molecule has 1 fully saturated rings. The number of hydrogen-bond donors (Lipinski definition) is 1. The van der Waals surface area contributed by atoms with Crippen molar-refractivity contribution >= 4 is 11.7 Å². The monoisotopic (exact) mass is 296 g/mol. The molecule has 22 heavy (non-hydrogen) atoms. The molecule has 5 heteroatoms. The van der Waals surface area contributed by atoms with Gasteiger partial charge in [0.25, 0.3) is 0 Å². The molecule has 0 saturated carbocycles. The lowest BCUT2D eigenvalue weighted by Crippen LogP contribution is -2.41. The highest BCUT2D eigenvalue weighted by molar-refractivity contribution is 5.73. The molecule has 1 aromatic carbocycles. The first-order chi connectivity index (χ1) is 10.7. The Kier molecular flexibility index (Phi) is 4.32. The predicted molar refractivity (Wildman–Crippen MR) is 86.4 cm³/mol. The standard InChI is InChI=1S/C17H20N4O/c1-13(22)21-9-7-15(8-10-21)20-17-11-16(18-12-19-17)14-5-3-2-4-6-14/h2-6,11-12,15H,7-10H2,1H3,(H,18,19,20). The molecule has 1 amide bonds. The van der Waals surface area contributed by atoms with Gasteiger partial charge >= 0.3 is 0 Å². The summed E-state index contributed by atoms with van der Waals surface area (Å²) >= 11 is 0. The van der Waals surface area contributed by atoms with E-state index in [9.17, 15) is 4.79 Å². The fourth-order valence-corrected chi connectivity index (χ4v) is 2.75. The van der Waals surface area contributed by atoms with Crippen LogP contribution in [0.1, 0.15) is 19.8 Å². The summed E-state index contributed by atoms with van der Waals surface area (Å²) < 4.78 is 0. The highest BCUT2D eigenvalue weighted by Gasteiger charge is 2.20. The molecule has 1 aliphatic heterocycles. The quantitative estimate of drug-likeness (QED) is 0.945. The number of anilines is 1. The maximum Gasteiger partial charge on any atom is 0.219 e. The Morgan fingerprint density at radius 3 is 2.59 bits per heavy atom. The molecule has 2 aromatic rings. The Morgan fingerprint density at radius 2 is 1.91 bits per heavy atom. The van der Waals surface area contributed by atoms with E-state index in [1.807, 2.05) is 41.3 Å². The number of likely N-dealkylation sites (tertiary alicyclic amines) is 1. The molecule has 1 aromatic heterocycles. The molecule has 1 N–H and O–H groups in total. The Hall–Kier alpha value is -2.43. The number of nitrogens with one attached hydrogen (secondary N) is 1. The summed E-state index contributed by atoms with van der Waals surface area (Å²) in [6, 6.07) is 12.4. The molecule has 0 unspecified atom stereocenters. The third-order valence-electron chi connectivity index (χ3n) is 4.03.